The van der Waals surface area contributed by atoms with E-state index in [4.69, 9.17) is 0 Å². The molecule has 122 valence electrons. The molecule has 1 N–H and O–H groups in total. The van der Waals surface area contributed by atoms with Crippen molar-refractivity contribution < 1.29 is 4.79 Å². The third-order valence-corrected chi connectivity index (χ3v) is 4.66. The van der Waals surface area contributed by atoms with E-state index < -0.39 is 0 Å². The first kappa shape index (κ1) is 16.9. The van der Waals surface area contributed by atoms with Crippen LogP contribution in [0.5, 0.6) is 0 Å². The van der Waals surface area contributed by atoms with Gasteiger partial charge < -0.3 is 10.2 Å². The summed E-state index contributed by atoms with van der Waals surface area (Å²) in [6.07, 6.45) is 6.91. The van der Waals surface area contributed by atoms with Crippen molar-refractivity contribution >= 4 is 5.91 Å². The molecular weight excluding hydrogens is 274 g/mol. The summed E-state index contributed by atoms with van der Waals surface area (Å²) >= 11 is 0. The van der Waals surface area contributed by atoms with E-state index in [2.05, 4.69) is 29.0 Å². The van der Waals surface area contributed by atoms with Crippen LogP contribution in [0.3, 0.4) is 0 Å². The molecule has 1 aliphatic rings. The number of aromatic nitrogens is 1. The smallest absolute Gasteiger partial charge is 0.226 e. The van der Waals surface area contributed by atoms with Crippen LogP contribution in [0.2, 0.25) is 0 Å². The predicted octanol–water partition coefficient (Wildman–Crippen LogP) is 2.99. The van der Waals surface area contributed by atoms with E-state index in [1.54, 1.807) is 0 Å². The van der Waals surface area contributed by atoms with Crippen LogP contribution in [0.25, 0.3) is 0 Å². The highest BCUT2D eigenvalue weighted by atomic mass is 16.2. The van der Waals surface area contributed by atoms with Crippen molar-refractivity contribution in [1.82, 2.24) is 15.2 Å². The van der Waals surface area contributed by atoms with Crippen LogP contribution < -0.4 is 5.32 Å². The molecule has 4 nitrogen and oxygen atoms in total. The van der Waals surface area contributed by atoms with Crippen LogP contribution in [0, 0.1) is 5.92 Å². The third kappa shape index (κ3) is 4.54. The zero-order valence-electron chi connectivity index (χ0n) is 13.9. The summed E-state index contributed by atoms with van der Waals surface area (Å²) in [5.74, 6) is 0.447. The van der Waals surface area contributed by atoms with Gasteiger partial charge in [-0.05, 0) is 57.3 Å². The summed E-state index contributed by atoms with van der Waals surface area (Å²) in [6.45, 7) is 6.92. The molecule has 0 aromatic carbocycles. The van der Waals surface area contributed by atoms with Crippen LogP contribution in [-0.4, -0.2) is 34.9 Å². The second-order valence-corrected chi connectivity index (χ2v) is 6.14. The summed E-state index contributed by atoms with van der Waals surface area (Å²) < 4.78 is 0. The number of carbonyl (C=O) groups is 1. The summed E-state index contributed by atoms with van der Waals surface area (Å²) in [4.78, 5) is 19.5. The standard InChI is InChI=1S/C18H29N3O/c1-3-15(4-2)18(22)21(14-16-8-5-6-12-20-16)17-9-7-11-19-13-10-17/h5-6,8,12,15,17,19H,3-4,7,9-11,13-14H2,1-2H3. The van der Waals surface area contributed by atoms with Gasteiger partial charge in [0.2, 0.25) is 5.91 Å². The molecule has 1 fully saturated rings. The van der Waals surface area contributed by atoms with Crippen LogP contribution >= 0.6 is 0 Å². The Kier molecular flexibility index (Phi) is 6.84. The van der Waals surface area contributed by atoms with E-state index in [-0.39, 0.29) is 5.92 Å². The van der Waals surface area contributed by atoms with Crippen molar-refractivity contribution in [3.63, 3.8) is 0 Å². The number of hydrogen-bond donors (Lipinski definition) is 1. The molecule has 2 rings (SSSR count). The fourth-order valence-corrected chi connectivity index (χ4v) is 3.24. The quantitative estimate of drug-likeness (QED) is 0.878. The molecule has 22 heavy (non-hydrogen) atoms. The van der Waals surface area contributed by atoms with Gasteiger partial charge in [0.15, 0.2) is 0 Å². The van der Waals surface area contributed by atoms with Crippen molar-refractivity contribution in [2.75, 3.05) is 13.1 Å². The summed E-state index contributed by atoms with van der Waals surface area (Å²) in [5, 5.41) is 3.44. The SMILES string of the molecule is CCC(CC)C(=O)N(Cc1ccccn1)C1CCCNCC1. The number of rotatable bonds is 6. The molecule has 1 atom stereocenters. The highest BCUT2D eigenvalue weighted by Crippen LogP contribution is 2.21. The summed E-state index contributed by atoms with van der Waals surface area (Å²) in [5.41, 5.74) is 0.985. The highest BCUT2D eigenvalue weighted by Gasteiger charge is 2.28. The maximum absolute atomic E-state index is 13.0. The van der Waals surface area contributed by atoms with E-state index in [0.717, 1.165) is 50.9 Å². The van der Waals surface area contributed by atoms with Gasteiger partial charge in [-0.25, -0.2) is 0 Å². The Hall–Kier alpha value is -1.42. The topological polar surface area (TPSA) is 45.2 Å². The lowest BCUT2D eigenvalue weighted by Crippen LogP contribution is -2.43. The number of pyridine rings is 1. The van der Waals surface area contributed by atoms with Crippen LogP contribution in [0.15, 0.2) is 24.4 Å². The van der Waals surface area contributed by atoms with Crippen LogP contribution in [0.4, 0.5) is 0 Å². The summed E-state index contributed by atoms with van der Waals surface area (Å²) in [7, 11) is 0. The Morgan fingerprint density at radius 3 is 2.82 bits per heavy atom. The van der Waals surface area contributed by atoms with Gasteiger partial charge in [0.05, 0.1) is 12.2 Å². The third-order valence-electron chi connectivity index (χ3n) is 4.66. The Labute approximate surface area is 134 Å². The van der Waals surface area contributed by atoms with Crippen LogP contribution in [0.1, 0.15) is 51.6 Å². The lowest BCUT2D eigenvalue weighted by molar-refractivity contribution is -0.139. The number of nitrogens with one attached hydrogen (secondary N) is 1. The molecular formula is C18H29N3O. The van der Waals surface area contributed by atoms with Gasteiger partial charge in [0.1, 0.15) is 0 Å². The van der Waals surface area contributed by atoms with E-state index in [9.17, 15) is 4.79 Å². The first-order valence-corrected chi connectivity index (χ1v) is 8.67. The normalized spacial score (nSPS) is 19.0. The van der Waals surface area contributed by atoms with Gasteiger partial charge >= 0.3 is 0 Å². The maximum Gasteiger partial charge on any atom is 0.226 e. The van der Waals surface area contributed by atoms with Crippen molar-refractivity contribution in [1.29, 1.82) is 0 Å². The zero-order chi connectivity index (χ0) is 15.8. The Bertz CT molecular complexity index is 437. The van der Waals surface area contributed by atoms with E-state index in [0.29, 0.717) is 18.5 Å². The fourth-order valence-electron chi connectivity index (χ4n) is 3.24. The first-order valence-electron chi connectivity index (χ1n) is 8.67. The molecule has 1 aliphatic heterocycles. The number of hydrogen-bond acceptors (Lipinski definition) is 3. The minimum Gasteiger partial charge on any atom is -0.334 e. The Balaban J connectivity index is 2.16. The van der Waals surface area contributed by atoms with E-state index in [1.165, 1.54) is 0 Å². The molecule has 1 unspecified atom stereocenters. The second kappa shape index (κ2) is 8.89. The monoisotopic (exact) mass is 303 g/mol. The number of amides is 1. The molecule has 1 aromatic rings. The van der Waals surface area contributed by atoms with Gasteiger partial charge in [-0.15, -0.1) is 0 Å². The average molecular weight is 303 g/mol. The largest absolute Gasteiger partial charge is 0.334 e. The number of nitrogens with zero attached hydrogens (tertiary/aromatic N) is 2. The molecule has 1 saturated heterocycles. The van der Waals surface area contributed by atoms with E-state index >= 15 is 0 Å². The second-order valence-electron chi connectivity index (χ2n) is 6.14. The molecule has 0 aliphatic carbocycles. The van der Waals surface area contributed by atoms with Gasteiger partial charge in [0.25, 0.3) is 0 Å². The van der Waals surface area contributed by atoms with Crippen molar-refractivity contribution in [2.45, 2.75) is 58.5 Å². The lowest BCUT2D eigenvalue weighted by Gasteiger charge is -2.33. The minimum absolute atomic E-state index is 0.139. The number of carbonyl (C=O) groups excluding carboxylic acids is 1. The Morgan fingerprint density at radius 2 is 2.14 bits per heavy atom. The van der Waals surface area contributed by atoms with Gasteiger partial charge in [-0.3, -0.25) is 9.78 Å². The molecule has 0 bridgehead atoms. The minimum atomic E-state index is 0.139. The molecule has 4 heteroatoms. The molecule has 1 aromatic heterocycles. The maximum atomic E-state index is 13.0. The zero-order valence-corrected chi connectivity index (χ0v) is 13.9. The van der Waals surface area contributed by atoms with Gasteiger partial charge in [-0.1, -0.05) is 19.9 Å². The lowest BCUT2D eigenvalue weighted by atomic mass is 9.98. The molecule has 2 heterocycles. The molecule has 0 saturated carbocycles. The van der Waals surface area contributed by atoms with Crippen molar-refractivity contribution in [2.24, 2.45) is 5.92 Å². The van der Waals surface area contributed by atoms with Gasteiger partial charge in [0, 0.05) is 18.2 Å². The fraction of sp³-hybridized carbons (Fsp3) is 0.667. The molecule has 0 spiro atoms. The van der Waals surface area contributed by atoms with Gasteiger partial charge in [-0.2, -0.15) is 0 Å². The van der Waals surface area contributed by atoms with Crippen molar-refractivity contribution in [3.8, 4) is 0 Å². The van der Waals surface area contributed by atoms with Crippen molar-refractivity contribution in [3.05, 3.63) is 30.1 Å². The van der Waals surface area contributed by atoms with E-state index in [1.807, 2.05) is 24.4 Å². The first-order chi connectivity index (χ1) is 10.8. The molecule has 0 radical (unpaired) electrons. The Morgan fingerprint density at radius 1 is 1.32 bits per heavy atom. The highest BCUT2D eigenvalue weighted by molar-refractivity contribution is 5.79. The molecule has 1 amide bonds. The van der Waals surface area contributed by atoms with Crippen LogP contribution in [-0.2, 0) is 11.3 Å². The average Bonchev–Trinajstić information content (AvgIpc) is 2.84. The summed E-state index contributed by atoms with van der Waals surface area (Å²) in [6, 6.07) is 6.27. The predicted molar refractivity (Wildman–Crippen MR) is 89.4 cm³/mol.